The number of para-hydroxylation sites is 1. The number of anilines is 1. The van der Waals surface area contributed by atoms with E-state index in [9.17, 15) is 9.18 Å². The summed E-state index contributed by atoms with van der Waals surface area (Å²) in [6, 6.07) is 20.0. The fraction of sp³-hybridized carbons (Fsp3) is 0.259. The van der Waals surface area contributed by atoms with E-state index in [4.69, 9.17) is 9.72 Å². The van der Waals surface area contributed by atoms with Gasteiger partial charge in [-0.05, 0) is 56.2 Å². The third kappa shape index (κ3) is 4.09. The summed E-state index contributed by atoms with van der Waals surface area (Å²) in [7, 11) is 1.66. The summed E-state index contributed by atoms with van der Waals surface area (Å²) < 4.78 is 21.7. The molecule has 1 unspecified atom stereocenters. The quantitative estimate of drug-likeness (QED) is 0.416. The van der Waals surface area contributed by atoms with Gasteiger partial charge in [0.2, 0.25) is 0 Å². The highest BCUT2D eigenvalue weighted by molar-refractivity contribution is 5.89. The number of methoxy groups -OCH3 is 1. The van der Waals surface area contributed by atoms with Crippen molar-refractivity contribution in [3.8, 4) is 17.0 Å². The average molecular weight is 459 g/mol. The first-order valence-electron chi connectivity index (χ1n) is 11.5. The molecule has 34 heavy (non-hydrogen) atoms. The summed E-state index contributed by atoms with van der Waals surface area (Å²) in [5.74, 6) is 1.34. The summed E-state index contributed by atoms with van der Waals surface area (Å²) in [6.07, 6.45) is 1.78. The van der Waals surface area contributed by atoms with E-state index < -0.39 is 5.82 Å². The highest BCUT2D eigenvalue weighted by Crippen LogP contribution is 2.34. The Morgan fingerprint density at radius 3 is 2.76 bits per heavy atom. The molecule has 0 spiro atoms. The Balaban J connectivity index is 1.48. The third-order valence-electron chi connectivity index (χ3n) is 6.42. The number of piperidine rings is 1. The zero-order chi connectivity index (χ0) is 23.7. The van der Waals surface area contributed by atoms with Gasteiger partial charge in [0.05, 0.1) is 24.0 Å². The standard InChI is InChI=1S/C27H27FN4O2/c1-18-8-5-14-24-25(19-9-6-11-21(16-19)34-2)30-26(32(18)24)20-10-7-15-31(17-20)27(33)29-23-13-4-3-12-22(23)28/h3-6,8-9,11-14,16,20H,7,10,15,17H2,1-2H3,(H,29,33). The van der Waals surface area contributed by atoms with Crippen LogP contribution in [0.25, 0.3) is 16.8 Å². The summed E-state index contributed by atoms with van der Waals surface area (Å²) in [4.78, 5) is 19.8. The molecule has 0 aliphatic carbocycles. The molecule has 0 bridgehead atoms. The number of carbonyl (C=O) groups is 1. The van der Waals surface area contributed by atoms with Crippen molar-refractivity contribution in [2.24, 2.45) is 0 Å². The van der Waals surface area contributed by atoms with Gasteiger partial charge < -0.3 is 19.4 Å². The van der Waals surface area contributed by atoms with Crippen molar-refractivity contribution in [3.05, 3.63) is 84.1 Å². The lowest BCUT2D eigenvalue weighted by atomic mass is 9.97. The van der Waals surface area contributed by atoms with Crippen LogP contribution < -0.4 is 10.1 Å². The average Bonchev–Trinajstić information content (AvgIpc) is 3.27. The molecule has 1 saturated heterocycles. The number of hydrogen-bond acceptors (Lipinski definition) is 3. The number of halogens is 1. The molecule has 2 aromatic heterocycles. The molecule has 1 atom stereocenters. The van der Waals surface area contributed by atoms with Crippen molar-refractivity contribution in [1.82, 2.24) is 14.3 Å². The number of hydrogen-bond donors (Lipinski definition) is 1. The van der Waals surface area contributed by atoms with Gasteiger partial charge in [0, 0.05) is 30.3 Å². The zero-order valence-electron chi connectivity index (χ0n) is 19.3. The van der Waals surface area contributed by atoms with Crippen molar-refractivity contribution in [1.29, 1.82) is 0 Å². The first-order valence-corrected chi connectivity index (χ1v) is 11.5. The number of benzene rings is 2. The molecule has 0 radical (unpaired) electrons. The van der Waals surface area contributed by atoms with Crippen LogP contribution in [0.4, 0.5) is 14.9 Å². The van der Waals surface area contributed by atoms with E-state index >= 15 is 0 Å². The van der Waals surface area contributed by atoms with Crippen molar-refractivity contribution in [2.45, 2.75) is 25.7 Å². The third-order valence-corrected chi connectivity index (χ3v) is 6.42. The van der Waals surface area contributed by atoms with Crippen molar-refractivity contribution in [3.63, 3.8) is 0 Å². The highest BCUT2D eigenvalue weighted by atomic mass is 19.1. The SMILES string of the molecule is COc1cccc(-c2nc(C3CCCN(C(=O)Nc4ccccc4F)C3)n3c(C)cccc23)c1. The number of rotatable bonds is 4. The number of amides is 2. The van der Waals surface area contributed by atoms with E-state index in [0.717, 1.165) is 46.9 Å². The van der Waals surface area contributed by atoms with Gasteiger partial charge in [0.15, 0.2) is 0 Å². The second-order valence-electron chi connectivity index (χ2n) is 8.63. The van der Waals surface area contributed by atoms with Gasteiger partial charge in [-0.1, -0.05) is 30.3 Å². The first kappa shape index (κ1) is 21.9. The van der Waals surface area contributed by atoms with E-state index in [-0.39, 0.29) is 17.6 Å². The zero-order valence-corrected chi connectivity index (χ0v) is 19.3. The number of likely N-dealkylation sites (tertiary alicyclic amines) is 1. The molecular formula is C27H27FN4O2. The van der Waals surface area contributed by atoms with Crippen molar-refractivity contribution >= 4 is 17.2 Å². The monoisotopic (exact) mass is 458 g/mol. The van der Waals surface area contributed by atoms with Crippen molar-refractivity contribution < 1.29 is 13.9 Å². The van der Waals surface area contributed by atoms with Crippen LogP contribution in [0.5, 0.6) is 5.75 Å². The molecule has 1 fully saturated rings. The van der Waals surface area contributed by atoms with Crippen LogP contribution in [-0.4, -0.2) is 40.5 Å². The number of nitrogens with zero attached hydrogens (tertiary/aromatic N) is 3. The molecule has 1 aliphatic rings. The minimum atomic E-state index is -0.442. The summed E-state index contributed by atoms with van der Waals surface area (Å²) in [5, 5.41) is 2.72. The van der Waals surface area contributed by atoms with Gasteiger partial charge in [0.25, 0.3) is 0 Å². The maximum Gasteiger partial charge on any atom is 0.321 e. The number of carbonyl (C=O) groups excluding carboxylic acids is 1. The van der Waals surface area contributed by atoms with Crippen LogP contribution in [0.15, 0.2) is 66.7 Å². The lowest BCUT2D eigenvalue weighted by Crippen LogP contribution is -2.42. The van der Waals surface area contributed by atoms with Crippen LogP contribution >= 0.6 is 0 Å². The molecule has 6 nitrogen and oxygen atoms in total. The maximum absolute atomic E-state index is 14.0. The Hall–Kier alpha value is -3.87. The normalized spacial score (nSPS) is 16.0. The molecule has 1 N–H and O–H groups in total. The van der Waals surface area contributed by atoms with Crippen LogP contribution in [-0.2, 0) is 0 Å². The Labute approximate surface area is 198 Å². The number of imidazole rings is 1. The summed E-state index contributed by atoms with van der Waals surface area (Å²) >= 11 is 0. The number of urea groups is 1. The minimum absolute atomic E-state index is 0.0630. The summed E-state index contributed by atoms with van der Waals surface area (Å²) in [5.41, 5.74) is 4.18. The molecule has 3 heterocycles. The van der Waals surface area contributed by atoms with Crippen LogP contribution in [0, 0.1) is 12.7 Å². The Kier molecular flexibility index (Phi) is 5.92. The molecule has 0 saturated carbocycles. The largest absolute Gasteiger partial charge is 0.497 e. The Morgan fingerprint density at radius 1 is 1.12 bits per heavy atom. The molecule has 4 aromatic rings. The fourth-order valence-electron chi connectivity index (χ4n) is 4.71. The predicted octanol–water partition coefficient (Wildman–Crippen LogP) is 5.87. The van der Waals surface area contributed by atoms with E-state index in [1.807, 2.05) is 30.3 Å². The molecule has 7 heteroatoms. The number of aryl methyl sites for hydroxylation is 1. The second kappa shape index (κ2) is 9.17. The number of aromatic nitrogens is 2. The number of fused-ring (bicyclic) bond motifs is 1. The van der Waals surface area contributed by atoms with Crippen LogP contribution in [0.3, 0.4) is 0 Å². The minimum Gasteiger partial charge on any atom is -0.497 e. The first-order chi connectivity index (χ1) is 16.5. The van der Waals surface area contributed by atoms with E-state index in [2.05, 4.69) is 28.8 Å². The highest BCUT2D eigenvalue weighted by Gasteiger charge is 2.29. The topological polar surface area (TPSA) is 58.9 Å². The predicted molar refractivity (Wildman–Crippen MR) is 131 cm³/mol. The van der Waals surface area contributed by atoms with Gasteiger partial charge in [-0.15, -0.1) is 0 Å². The molecule has 5 rings (SSSR count). The molecule has 1 aliphatic heterocycles. The van der Waals surface area contributed by atoms with Gasteiger partial charge in [-0.25, -0.2) is 14.2 Å². The van der Waals surface area contributed by atoms with Gasteiger partial charge in [-0.3, -0.25) is 0 Å². The molecule has 174 valence electrons. The smallest absolute Gasteiger partial charge is 0.321 e. The van der Waals surface area contributed by atoms with E-state index in [1.54, 1.807) is 30.2 Å². The fourth-order valence-corrected chi connectivity index (χ4v) is 4.71. The molecule has 2 aromatic carbocycles. The number of pyridine rings is 1. The number of ether oxygens (including phenoxy) is 1. The Bertz CT molecular complexity index is 1350. The lowest BCUT2D eigenvalue weighted by molar-refractivity contribution is 0.191. The van der Waals surface area contributed by atoms with E-state index in [1.165, 1.54) is 6.07 Å². The Morgan fingerprint density at radius 2 is 1.94 bits per heavy atom. The van der Waals surface area contributed by atoms with Gasteiger partial charge >= 0.3 is 6.03 Å². The van der Waals surface area contributed by atoms with E-state index in [0.29, 0.717) is 13.1 Å². The lowest BCUT2D eigenvalue weighted by Gasteiger charge is -2.32. The van der Waals surface area contributed by atoms with Gasteiger partial charge in [-0.2, -0.15) is 0 Å². The molecular weight excluding hydrogens is 431 g/mol. The second-order valence-corrected chi connectivity index (χ2v) is 8.63. The molecule has 2 amide bonds. The van der Waals surface area contributed by atoms with Gasteiger partial charge in [0.1, 0.15) is 17.4 Å². The number of nitrogens with one attached hydrogen (secondary N) is 1. The van der Waals surface area contributed by atoms with Crippen LogP contribution in [0.2, 0.25) is 0 Å². The summed E-state index contributed by atoms with van der Waals surface area (Å²) in [6.45, 7) is 3.21. The van der Waals surface area contributed by atoms with Crippen molar-refractivity contribution in [2.75, 3.05) is 25.5 Å². The van der Waals surface area contributed by atoms with Crippen LogP contribution in [0.1, 0.15) is 30.3 Å². The maximum atomic E-state index is 14.0.